The number of nitrogens with two attached hydrogens (primary N) is 1. The fourth-order valence-corrected chi connectivity index (χ4v) is 1.74. The molecule has 0 aliphatic carbocycles. The Hall–Kier alpha value is -2.77. The molecule has 1 unspecified atom stereocenters. The van der Waals surface area contributed by atoms with Crippen LogP contribution in [0.1, 0.15) is 18.5 Å². The zero-order valence-electron chi connectivity index (χ0n) is 10.6. The Morgan fingerprint density at radius 3 is 2.80 bits per heavy atom. The van der Waals surface area contributed by atoms with E-state index in [4.69, 9.17) is 5.73 Å². The van der Waals surface area contributed by atoms with Crippen molar-refractivity contribution >= 4 is 17.5 Å². The zero-order chi connectivity index (χ0) is 14.7. The zero-order valence-corrected chi connectivity index (χ0v) is 10.6. The SMILES string of the molecule is CC(Nc1nc(N)ncc1[N+](=O)[O-])c1ccccc1F. The molecule has 0 radical (unpaired) electrons. The lowest BCUT2D eigenvalue weighted by atomic mass is 10.1. The monoisotopic (exact) mass is 277 g/mol. The summed E-state index contributed by atoms with van der Waals surface area (Å²) in [5.41, 5.74) is 5.47. The first-order valence-corrected chi connectivity index (χ1v) is 5.77. The molecule has 1 aromatic carbocycles. The highest BCUT2D eigenvalue weighted by atomic mass is 19.1. The van der Waals surface area contributed by atoms with E-state index in [1.807, 2.05) is 0 Å². The minimum Gasteiger partial charge on any atom is -0.368 e. The summed E-state index contributed by atoms with van der Waals surface area (Å²) in [4.78, 5) is 17.6. The number of benzene rings is 1. The molecule has 20 heavy (non-hydrogen) atoms. The van der Waals surface area contributed by atoms with E-state index in [0.29, 0.717) is 5.56 Å². The summed E-state index contributed by atoms with van der Waals surface area (Å²) in [6.45, 7) is 1.67. The highest BCUT2D eigenvalue weighted by Crippen LogP contribution is 2.26. The Morgan fingerprint density at radius 2 is 2.15 bits per heavy atom. The second-order valence-electron chi connectivity index (χ2n) is 4.11. The van der Waals surface area contributed by atoms with Crippen LogP contribution in [0.4, 0.5) is 21.8 Å². The molecule has 0 aliphatic heterocycles. The molecule has 0 aliphatic rings. The Morgan fingerprint density at radius 1 is 1.45 bits per heavy atom. The highest BCUT2D eigenvalue weighted by Gasteiger charge is 2.20. The first-order valence-electron chi connectivity index (χ1n) is 5.77. The van der Waals surface area contributed by atoms with Crippen LogP contribution >= 0.6 is 0 Å². The van der Waals surface area contributed by atoms with E-state index < -0.39 is 16.8 Å². The number of hydrogen-bond acceptors (Lipinski definition) is 6. The molecule has 0 saturated carbocycles. The number of hydrogen-bond donors (Lipinski definition) is 2. The van der Waals surface area contributed by atoms with Gasteiger partial charge in [0.2, 0.25) is 11.8 Å². The summed E-state index contributed by atoms with van der Waals surface area (Å²) in [5.74, 6) is -0.547. The average molecular weight is 277 g/mol. The third kappa shape index (κ3) is 2.79. The van der Waals surface area contributed by atoms with Gasteiger partial charge in [0, 0.05) is 5.56 Å². The average Bonchev–Trinajstić information content (AvgIpc) is 2.38. The Kier molecular flexibility index (Phi) is 3.74. The van der Waals surface area contributed by atoms with E-state index in [1.165, 1.54) is 6.07 Å². The van der Waals surface area contributed by atoms with E-state index >= 15 is 0 Å². The van der Waals surface area contributed by atoms with Crippen molar-refractivity contribution in [3.05, 3.63) is 52.0 Å². The number of nitrogen functional groups attached to an aromatic ring is 1. The summed E-state index contributed by atoms with van der Waals surface area (Å²) in [5, 5.41) is 13.7. The lowest BCUT2D eigenvalue weighted by Gasteiger charge is -2.15. The number of nitrogens with one attached hydrogen (secondary N) is 1. The molecule has 1 atom stereocenters. The number of nitro groups is 1. The molecular weight excluding hydrogens is 265 g/mol. The van der Waals surface area contributed by atoms with Gasteiger partial charge in [0.1, 0.15) is 12.0 Å². The van der Waals surface area contributed by atoms with Gasteiger partial charge >= 0.3 is 5.69 Å². The Bertz CT molecular complexity index is 649. The van der Waals surface area contributed by atoms with Crippen molar-refractivity contribution in [2.75, 3.05) is 11.1 Å². The standard InChI is InChI=1S/C12H12FN5O2/c1-7(8-4-2-3-5-9(8)13)16-11-10(18(19)20)6-15-12(14)17-11/h2-7H,1H3,(H3,14,15,16,17). The van der Waals surface area contributed by atoms with Crippen LogP contribution in [0.3, 0.4) is 0 Å². The largest absolute Gasteiger partial charge is 0.368 e. The second kappa shape index (κ2) is 5.47. The molecule has 2 rings (SSSR count). The molecule has 0 amide bonds. The first kappa shape index (κ1) is 13.7. The summed E-state index contributed by atoms with van der Waals surface area (Å²) in [7, 11) is 0. The van der Waals surface area contributed by atoms with E-state index in [0.717, 1.165) is 6.20 Å². The normalized spacial score (nSPS) is 11.9. The molecule has 0 saturated heterocycles. The smallest absolute Gasteiger partial charge is 0.329 e. The van der Waals surface area contributed by atoms with Crippen molar-refractivity contribution in [1.29, 1.82) is 0 Å². The quantitative estimate of drug-likeness (QED) is 0.655. The van der Waals surface area contributed by atoms with Crippen LogP contribution in [-0.2, 0) is 0 Å². The molecule has 2 aromatic rings. The molecular formula is C12H12FN5O2. The van der Waals surface area contributed by atoms with Gasteiger partial charge in [0.15, 0.2) is 0 Å². The lowest BCUT2D eigenvalue weighted by molar-refractivity contribution is -0.384. The first-order chi connectivity index (χ1) is 9.49. The van der Waals surface area contributed by atoms with Crippen molar-refractivity contribution in [2.45, 2.75) is 13.0 Å². The van der Waals surface area contributed by atoms with Gasteiger partial charge in [-0.2, -0.15) is 4.98 Å². The predicted octanol–water partition coefficient (Wildman–Crippen LogP) is 2.28. The van der Waals surface area contributed by atoms with Gasteiger partial charge in [-0.25, -0.2) is 9.37 Å². The van der Waals surface area contributed by atoms with Gasteiger partial charge in [0.25, 0.3) is 0 Å². The van der Waals surface area contributed by atoms with Crippen LogP contribution in [0.2, 0.25) is 0 Å². The molecule has 0 spiro atoms. The maximum atomic E-state index is 13.6. The van der Waals surface area contributed by atoms with Crippen LogP contribution in [-0.4, -0.2) is 14.9 Å². The maximum Gasteiger partial charge on any atom is 0.329 e. The number of rotatable bonds is 4. The van der Waals surface area contributed by atoms with Crippen molar-refractivity contribution in [3.8, 4) is 0 Å². The fourth-order valence-electron chi connectivity index (χ4n) is 1.74. The van der Waals surface area contributed by atoms with Crippen molar-refractivity contribution < 1.29 is 9.31 Å². The van der Waals surface area contributed by atoms with Gasteiger partial charge in [-0.15, -0.1) is 0 Å². The van der Waals surface area contributed by atoms with Gasteiger partial charge in [-0.1, -0.05) is 18.2 Å². The number of halogens is 1. The highest BCUT2D eigenvalue weighted by molar-refractivity contribution is 5.57. The van der Waals surface area contributed by atoms with E-state index in [9.17, 15) is 14.5 Å². The molecule has 104 valence electrons. The summed E-state index contributed by atoms with van der Waals surface area (Å²) in [6.07, 6.45) is 1.01. The van der Waals surface area contributed by atoms with Crippen LogP contribution < -0.4 is 11.1 Å². The summed E-state index contributed by atoms with van der Waals surface area (Å²) in [6, 6.07) is 5.64. The second-order valence-corrected chi connectivity index (χ2v) is 4.11. The van der Waals surface area contributed by atoms with Crippen LogP contribution in [0.5, 0.6) is 0 Å². The van der Waals surface area contributed by atoms with Gasteiger partial charge in [-0.3, -0.25) is 10.1 Å². The molecule has 3 N–H and O–H groups in total. The minimum absolute atomic E-state index is 0.0433. The summed E-state index contributed by atoms with van der Waals surface area (Å²) >= 11 is 0. The van der Waals surface area contributed by atoms with Crippen LogP contribution in [0.15, 0.2) is 30.5 Å². The van der Waals surface area contributed by atoms with E-state index in [1.54, 1.807) is 25.1 Å². The lowest BCUT2D eigenvalue weighted by Crippen LogP contribution is -2.12. The van der Waals surface area contributed by atoms with E-state index in [2.05, 4.69) is 15.3 Å². The third-order valence-corrected chi connectivity index (χ3v) is 2.71. The predicted molar refractivity (Wildman–Crippen MR) is 71.5 cm³/mol. The van der Waals surface area contributed by atoms with Crippen LogP contribution in [0, 0.1) is 15.9 Å². The van der Waals surface area contributed by atoms with E-state index in [-0.39, 0.29) is 17.5 Å². The van der Waals surface area contributed by atoms with Crippen molar-refractivity contribution in [2.24, 2.45) is 0 Å². The molecule has 0 bridgehead atoms. The van der Waals surface area contributed by atoms with Gasteiger partial charge in [-0.05, 0) is 13.0 Å². The molecule has 8 heteroatoms. The number of aromatic nitrogens is 2. The Balaban J connectivity index is 2.32. The van der Waals surface area contributed by atoms with Gasteiger partial charge < -0.3 is 11.1 Å². The Labute approximate surface area is 113 Å². The summed E-state index contributed by atoms with van der Waals surface area (Å²) < 4.78 is 13.6. The van der Waals surface area contributed by atoms with Crippen LogP contribution in [0.25, 0.3) is 0 Å². The number of nitrogens with zero attached hydrogens (tertiary/aromatic N) is 3. The molecule has 7 nitrogen and oxygen atoms in total. The third-order valence-electron chi connectivity index (χ3n) is 2.71. The van der Waals surface area contributed by atoms with Crippen molar-refractivity contribution in [1.82, 2.24) is 9.97 Å². The molecule has 1 aromatic heterocycles. The molecule has 1 heterocycles. The number of anilines is 2. The van der Waals surface area contributed by atoms with Gasteiger partial charge in [0.05, 0.1) is 11.0 Å². The maximum absolute atomic E-state index is 13.6. The fraction of sp³-hybridized carbons (Fsp3) is 0.167. The topological polar surface area (TPSA) is 107 Å². The minimum atomic E-state index is -0.629. The van der Waals surface area contributed by atoms with Crippen molar-refractivity contribution in [3.63, 3.8) is 0 Å². The molecule has 0 fully saturated rings.